The molecule has 1 aromatic carbocycles. The van der Waals surface area contributed by atoms with Crippen molar-refractivity contribution in [2.45, 2.75) is 31.7 Å². The molecule has 1 aliphatic carbocycles. The van der Waals surface area contributed by atoms with Gasteiger partial charge in [-0.25, -0.2) is 4.98 Å². The van der Waals surface area contributed by atoms with E-state index in [0.717, 1.165) is 24.6 Å². The van der Waals surface area contributed by atoms with Crippen molar-refractivity contribution in [3.63, 3.8) is 0 Å². The molecule has 3 rings (SSSR count). The average Bonchev–Trinajstić information content (AvgIpc) is 3.24. The molecule has 0 amide bonds. The monoisotopic (exact) mass is 288 g/mol. The summed E-state index contributed by atoms with van der Waals surface area (Å²) in [6.07, 6.45) is 3.50. The van der Waals surface area contributed by atoms with Gasteiger partial charge in [0, 0.05) is 23.8 Å². The molecule has 0 bridgehead atoms. The second-order valence-corrected chi connectivity index (χ2v) is 6.30. The van der Waals surface area contributed by atoms with Crippen LogP contribution in [0.4, 0.5) is 0 Å². The van der Waals surface area contributed by atoms with Crippen LogP contribution in [-0.4, -0.2) is 18.6 Å². The smallest absolute Gasteiger partial charge is 0.119 e. The highest BCUT2D eigenvalue weighted by atomic mass is 32.1. The van der Waals surface area contributed by atoms with E-state index in [1.807, 2.05) is 48.7 Å². The standard InChI is InChI=1S/C16H20N2OS/c1-17-11-14-16(12-7-8-12)18-15(20-14)9-10-19-13-5-3-2-4-6-13/h2-6,12,17H,7-11H2,1H3. The van der Waals surface area contributed by atoms with Crippen molar-refractivity contribution in [3.05, 3.63) is 45.9 Å². The molecule has 4 heteroatoms. The Balaban J connectivity index is 1.58. The van der Waals surface area contributed by atoms with Crippen LogP contribution in [0.15, 0.2) is 30.3 Å². The molecule has 1 aliphatic rings. The Bertz CT molecular complexity index is 549. The molecule has 20 heavy (non-hydrogen) atoms. The van der Waals surface area contributed by atoms with Crippen LogP contribution in [0, 0.1) is 0 Å². The summed E-state index contributed by atoms with van der Waals surface area (Å²) in [7, 11) is 1.99. The molecule has 106 valence electrons. The Morgan fingerprint density at radius 1 is 1.30 bits per heavy atom. The highest BCUT2D eigenvalue weighted by molar-refractivity contribution is 7.11. The number of aromatic nitrogens is 1. The Morgan fingerprint density at radius 3 is 2.80 bits per heavy atom. The van der Waals surface area contributed by atoms with E-state index in [4.69, 9.17) is 9.72 Å². The summed E-state index contributed by atoms with van der Waals surface area (Å²) in [6, 6.07) is 9.97. The molecule has 3 nitrogen and oxygen atoms in total. The van der Waals surface area contributed by atoms with Crippen LogP contribution in [0.5, 0.6) is 5.75 Å². The first-order chi connectivity index (χ1) is 9.86. The maximum atomic E-state index is 5.75. The van der Waals surface area contributed by atoms with Gasteiger partial charge in [-0.1, -0.05) is 18.2 Å². The summed E-state index contributed by atoms with van der Waals surface area (Å²) >= 11 is 1.83. The fourth-order valence-corrected chi connectivity index (χ4v) is 3.40. The third-order valence-electron chi connectivity index (χ3n) is 3.40. The largest absolute Gasteiger partial charge is 0.493 e. The summed E-state index contributed by atoms with van der Waals surface area (Å²) in [5, 5.41) is 4.44. The van der Waals surface area contributed by atoms with Crippen LogP contribution in [0.3, 0.4) is 0 Å². The fraction of sp³-hybridized carbons (Fsp3) is 0.438. The predicted octanol–water partition coefficient (Wildman–Crippen LogP) is 3.36. The number of benzene rings is 1. The van der Waals surface area contributed by atoms with Gasteiger partial charge < -0.3 is 10.1 Å². The van der Waals surface area contributed by atoms with Crippen LogP contribution in [0.1, 0.15) is 34.3 Å². The van der Waals surface area contributed by atoms with Gasteiger partial charge in [-0.3, -0.25) is 0 Å². The first-order valence-corrected chi connectivity index (χ1v) is 7.99. The van der Waals surface area contributed by atoms with Crippen molar-refractivity contribution in [2.75, 3.05) is 13.7 Å². The number of hydrogen-bond acceptors (Lipinski definition) is 4. The topological polar surface area (TPSA) is 34.1 Å². The number of para-hydroxylation sites is 1. The van der Waals surface area contributed by atoms with E-state index >= 15 is 0 Å². The maximum Gasteiger partial charge on any atom is 0.119 e. The predicted molar refractivity (Wildman–Crippen MR) is 82.5 cm³/mol. The molecule has 0 aliphatic heterocycles. The second-order valence-electron chi connectivity index (χ2n) is 5.13. The van der Waals surface area contributed by atoms with Crippen molar-refractivity contribution in [1.29, 1.82) is 0 Å². The molecular formula is C16H20N2OS. The Labute approximate surface area is 124 Å². The summed E-state index contributed by atoms with van der Waals surface area (Å²) < 4.78 is 5.75. The third kappa shape index (κ3) is 3.38. The van der Waals surface area contributed by atoms with Crippen LogP contribution in [0.25, 0.3) is 0 Å². The van der Waals surface area contributed by atoms with Gasteiger partial charge >= 0.3 is 0 Å². The Morgan fingerprint density at radius 2 is 2.10 bits per heavy atom. The van der Waals surface area contributed by atoms with Crippen LogP contribution < -0.4 is 10.1 Å². The van der Waals surface area contributed by atoms with E-state index in [1.165, 1.54) is 28.4 Å². The Hall–Kier alpha value is -1.39. The second kappa shape index (κ2) is 6.37. The minimum atomic E-state index is 0.695. The molecule has 1 N–H and O–H groups in total. The lowest BCUT2D eigenvalue weighted by Crippen LogP contribution is -2.05. The average molecular weight is 288 g/mol. The summed E-state index contributed by atoms with van der Waals surface area (Å²) in [5.74, 6) is 1.65. The van der Waals surface area contributed by atoms with Gasteiger partial charge in [-0.05, 0) is 32.0 Å². The molecule has 0 radical (unpaired) electrons. The van der Waals surface area contributed by atoms with Gasteiger partial charge in [0.15, 0.2) is 0 Å². The van der Waals surface area contributed by atoms with Gasteiger partial charge in [-0.2, -0.15) is 0 Å². The minimum Gasteiger partial charge on any atom is -0.493 e. The quantitative estimate of drug-likeness (QED) is 0.848. The molecule has 1 fully saturated rings. The maximum absolute atomic E-state index is 5.75. The van der Waals surface area contributed by atoms with Crippen LogP contribution in [-0.2, 0) is 13.0 Å². The van der Waals surface area contributed by atoms with E-state index < -0.39 is 0 Å². The molecule has 0 saturated heterocycles. The molecule has 1 heterocycles. The zero-order valence-corrected chi connectivity index (χ0v) is 12.6. The zero-order chi connectivity index (χ0) is 13.8. The van der Waals surface area contributed by atoms with Gasteiger partial charge in [0.1, 0.15) is 5.75 Å². The van der Waals surface area contributed by atoms with Crippen molar-refractivity contribution >= 4 is 11.3 Å². The SMILES string of the molecule is CNCc1sc(CCOc2ccccc2)nc1C1CC1. The molecular weight excluding hydrogens is 268 g/mol. The molecule has 0 atom stereocenters. The van der Waals surface area contributed by atoms with E-state index in [2.05, 4.69) is 5.32 Å². The highest BCUT2D eigenvalue weighted by Crippen LogP contribution is 2.42. The highest BCUT2D eigenvalue weighted by Gasteiger charge is 2.29. The third-order valence-corrected chi connectivity index (χ3v) is 4.53. The first kappa shape index (κ1) is 13.6. The molecule has 1 aromatic heterocycles. The minimum absolute atomic E-state index is 0.695. The zero-order valence-electron chi connectivity index (χ0n) is 11.8. The summed E-state index contributed by atoms with van der Waals surface area (Å²) in [4.78, 5) is 6.23. The Kier molecular flexibility index (Phi) is 4.33. The first-order valence-electron chi connectivity index (χ1n) is 7.17. The fourth-order valence-electron chi connectivity index (χ4n) is 2.26. The molecule has 0 spiro atoms. The van der Waals surface area contributed by atoms with Gasteiger partial charge in [-0.15, -0.1) is 11.3 Å². The van der Waals surface area contributed by atoms with Crippen LogP contribution >= 0.6 is 11.3 Å². The van der Waals surface area contributed by atoms with Crippen LogP contribution in [0.2, 0.25) is 0 Å². The number of hydrogen-bond donors (Lipinski definition) is 1. The van der Waals surface area contributed by atoms with Crippen molar-refractivity contribution < 1.29 is 4.74 Å². The normalized spacial score (nSPS) is 14.4. The molecule has 0 unspecified atom stereocenters. The van der Waals surface area contributed by atoms with Gasteiger partial charge in [0.2, 0.25) is 0 Å². The number of thiazole rings is 1. The van der Waals surface area contributed by atoms with Gasteiger partial charge in [0.25, 0.3) is 0 Å². The summed E-state index contributed by atoms with van der Waals surface area (Å²) in [5.41, 5.74) is 1.33. The van der Waals surface area contributed by atoms with E-state index in [9.17, 15) is 0 Å². The lowest BCUT2D eigenvalue weighted by molar-refractivity contribution is 0.321. The van der Waals surface area contributed by atoms with Gasteiger partial charge in [0.05, 0.1) is 17.3 Å². The van der Waals surface area contributed by atoms with Crippen molar-refractivity contribution in [1.82, 2.24) is 10.3 Å². The molecule has 2 aromatic rings. The lowest BCUT2D eigenvalue weighted by Gasteiger charge is -2.03. The van der Waals surface area contributed by atoms with E-state index in [-0.39, 0.29) is 0 Å². The summed E-state index contributed by atoms with van der Waals surface area (Å²) in [6.45, 7) is 1.63. The molecule has 1 saturated carbocycles. The number of nitrogens with zero attached hydrogens (tertiary/aromatic N) is 1. The van der Waals surface area contributed by atoms with Crippen molar-refractivity contribution in [2.24, 2.45) is 0 Å². The number of ether oxygens (including phenoxy) is 1. The van der Waals surface area contributed by atoms with E-state index in [1.54, 1.807) is 0 Å². The number of rotatable bonds is 7. The van der Waals surface area contributed by atoms with Crippen molar-refractivity contribution in [3.8, 4) is 5.75 Å². The van der Waals surface area contributed by atoms with E-state index in [0.29, 0.717) is 6.61 Å². The lowest BCUT2D eigenvalue weighted by atomic mass is 10.2. The number of nitrogens with one attached hydrogen (secondary N) is 1.